The molecule has 0 amide bonds. The lowest BCUT2D eigenvalue weighted by Crippen LogP contribution is -2.30. The van der Waals surface area contributed by atoms with Gasteiger partial charge in [0.15, 0.2) is 5.96 Å². The maximum absolute atomic E-state index is 13.1. The summed E-state index contributed by atoms with van der Waals surface area (Å²) >= 11 is 0. The van der Waals surface area contributed by atoms with Crippen LogP contribution in [0.2, 0.25) is 0 Å². The number of nitrogens with zero attached hydrogens (tertiary/aromatic N) is 2. The number of sulfonamides is 1. The lowest BCUT2D eigenvalue weighted by Gasteiger charge is -2.19. The van der Waals surface area contributed by atoms with Crippen LogP contribution in [-0.2, 0) is 16.2 Å². The van der Waals surface area contributed by atoms with E-state index in [1.165, 1.54) is 40.7 Å². The Morgan fingerprint density at radius 1 is 1.11 bits per heavy atom. The van der Waals surface area contributed by atoms with Crippen molar-refractivity contribution >= 4 is 27.4 Å². The first-order valence-electron chi connectivity index (χ1n) is 8.47. The van der Waals surface area contributed by atoms with Crippen molar-refractivity contribution in [3.63, 3.8) is 0 Å². The van der Waals surface area contributed by atoms with Crippen LogP contribution in [-0.4, -0.2) is 31.8 Å². The van der Waals surface area contributed by atoms with Crippen molar-refractivity contribution in [2.45, 2.75) is 24.9 Å². The highest BCUT2D eigenvalue weighted by Gasteiger charge is 2.33. The zero-order valence-electron chi connectivity index (χ0n) is 15.4. The molecule has 2 rings (SSSR count). The fraction of sp³-hybridized carbons (Fsp3) is 0.278. The van der Waals surface area contributed by atoms with E-state index in [1.807, 2.05) is 0 Å². The van der Waals surface area contributed by atoms with Gasteiger partial charge in [-0.15, -0.1) is 0 Å². The summed E-state index contributed by atoms with van der Waals surface area (Å²) < 4.78 is 65.6. The number of para-hydroxylation sites is 1. The molecule has 0 bridgehead atoms. The molecule has 0 aliphatic carbocycles. The lowest BCUT2D eigenvalue weighted by atomic mass is 10.2. The minimum Gasteiger partial charge on any atom is -0.369 e. The lowest BCUT2D eigenvalue weighted by molar-refractivity contribution is -0.137. The molecule has 6 nitrogen and oxygen atoms in total. The van der Waals surface area contributed by atoms with Crippen LogP contribution in [0.1, 0.15) is 19.4 Å². The average molecular weight is 414 g/mol. The Kier molecular flexibility index (Phi) is 6.68. The Bertz CT molecular complexity index is 955. The maximum atomic E-state index is 13.1. The van der Waals surface area contributed by atoms with Crippen molar-refractivity contribution in [3.8, 4) is 0 Å². The van der Waals surface area contributed by atoms with Gasteiger partial charge in [-0.05, 0) is 30.3 Å². The molecule has 2 aromatic carbocycles. The van der Waals surface area contributed by atoms with Gasteiger partial charge < -0.3 is 11.1 Å². The Morgan fingerprint density at radius 2 is 1.75 bits per heavy atom. The molecule has 0 saturated carbocycles. The average Bonchev–Trinajstić information content (AvgIpc) is 2.62. The second-order valence-electron chi connectivity index (χ2n) is 5.75. The number of hydrogen-bond acceptors (Lipinski definition) is 3. The van der Waals surface area contributed by atoms with Crippen molar-refractivity contribution in [1.29, 1.82) is 0 Å². The second-order valence-corrected chi connectivity index (χ2v) is 7.69. The number of benzene rings is 2. The third-order valence-corrected chi connectivity index (χ3v) is 5.95. The van der Waals surface area contributed by atoms with Gasteiger partial charge in [-0.25, -0.2) is 13.4 Å². The molecule has 10 heteroatoms. The molecule has 0 spiro atoms. The fourth-order valence-electron chi connectivity index (χ4n) is 2.56. The number of rotatable bonds is 6. The van der Waals surface area contributed by atoms with Crippen LogP contribution in [0, 0.1) is 0 Å². The van der Waals surface area contributed by atoms with Crippen molar-refractivity contribution in [1.82, 2.24) is 4.31 Å². The number of halogens is 3. The minimum absolute atomic E-state index is 0.0460. The largest absolute Gasteiger partial charge is 0.418 e. The predicted octanol–water partition coefficient (Wildman–Crippen LogP) is 3.79. The van der Waals surface area contributed by atoms with Crippen molar-refractivity contribution in [2.24, 2.45) is 10.7 Å². The summed E-state index contributed by atoms with van der Waals surface area (Å²) in [5, 5.41) is 2.63. The number of alkyl halides is 3. The summed E-state index contributed by atoms with van der Waals surface area (Å²) in [5.41, 5.74) is 4.76. The molecule has 0 saturated heterocycles. The van der Waals surface area contributed by atoms with Gasteiger partial charge in [0, 0.05) is 18.8 Å². The van der Waals surface area contributed by atoms with E-state index in [2.05, 4.69) is 10.3 Å². The molecule has 2 aromatic rings. The molecule has 152 valence electrons. The molecule has 28 heavy (non-hydrogen) atoms. The van der Waals surface area contributed by atoms with Crippen molar-refractivity contribution in [3.05, 3.63) is 54.1 Å². The highest BCUT2D eigenvalue weighted by atomic mass is 32.2. The SMILES string of the molecule is CCN(CC)S(=O)(=O)c1cccc(NC(N)=Nc2ccccc2C(F)(F)F)c1. The Labute approximate surface area is 161 Å². The second kappa shape index (κ2) is 8.61. The van der Waals surface area contributed by atoms with E-state index in [9.17, 15) is 21.6 Å². The number of nitrogens with two attached hydrogens (primary N) is 1. The summed E-state index contributed by atoms with van der Waals surface area (Å²) in [7, 11) is -3.68. The molecule has 0 aliphatic heterocycles. The first-order valence-corrected chi connectivity index (χ1v) is 9.91. The van der Waals surface area contributed by atoms with Gasteiger partial charge >= 0.3 is 6.18 Å². The molecule has 0 atom stereocenters. The van der Waals surface area contributed by atoms with Gasteiger partial charge in [0.2, 0.25) is 10.0 Å². The molecule has 0 aromatic heterocycles. The molecular formula is C18H21F3N4O2S. The van der Waals surface area contributed by atoms with Gasteiger partial charge in [-0.3, -0.25) is 0 Å². The number of anilines is 1. The summed E-state index contributed by atoms with van der Waals surface area (Å²) in [6, 6.07) is 10.6. The van der Waals surface area contributed by atoms with E-state index in [0.717, 1.165) is 6.07 Å². The molecule has 0 aliphatic rings. The van der Waals surface area contributed by atoms with Crippen LogP contribution in [0.25, 0.3) is 0 Å². The van der Waals surface area contributed by atoms with E-state index in [0.29, 0.717) is 18.8 Å². The predicted molar refractivity (Wildman–Crippen MR) is 103 cm³/mol. The molecule has 0 unspecified atom stereocenters. The standard InChI is InChI=1S/C18H21F3N4O2S/c1-3-25(4-2)28(26,27)14-9-7-8-13(12-14)23-17(22)24-16-11-6-5-10-15(16)18(19,20)21/h5-12H,3-4H2,1-2H3,(H3,22,23,24). The molecule has 0 fully saturated rings. The monoisotopic (exact) mass is 414 g/mol. The summed E-state index contributed by atoms with van der Waals surface area (Å²) in [6.07, 6.45) is -4.57. The van der Waals surface area contributed by atoms with Crippen LogP contribution in [0.5, 0.6) is 0 Å². The third kappa shape index (κ3) is 5.02. The van der Waals surface area contributed by atoms with Gasteiger partial charge in [0.05, 0.1) is 16.1 Å². The highest BCUT2D eigenvalue weighted by Crippen LogP contribution is 2.36. The molecule has 0 heterocycles. The minimum atomic E-state index is -4.57. The highest BCUT2D eigenvalue weighted by molar-refractivity contribution is 7.89. The van der Waals surface area contributed by atoms with Crippen molar-refractivity contribution < 1.29 is 21.6 Å². The summed E-state index contributed by atoms with van der Waals surface area (Å²) in [5.74, 6) is -0.297. The zero-order chi connectivity index (χ0) is 20.9. The zero-order valence-corrected chi connectivity index (χ0v) is 16.2. The first-order chi connectivity index (χ1) is 13.1. The summed E-state index contributed by atoms with van der Waals surface area (Å²) in [6.45, 7) is 4.08. The van der Waals surface area contributed by atoms with E-state index >= 15 is 0 Å². The molecule has 0 radical (unpaired) electrons. The Balaban J connectivity index is 2.32. The molecular weight excluding hydrogens is 393 g/mol. The van der Waals surface area contributed by atoms with E-state index in [-0.39, 0.29) is 16.5 Å². The number of guanidine groups is 1. The maximum Gasteiger partial charge on any atom is 0.418 e. The number of nitrogens with one attached hydrogen (secondary N) is 1. The smallest absolute Gasteiger partial charge is 0.369 e. The van der Waals surface area contributed by atoms with Crippen LogP contribution >= 0.6 is 0 Å². The Morgan fingerprint density at radius 3 is 2.36 bits per heavy atom. The van der Waals surface area contributed by atoms with Gasteiger partial charge in [0.1, 0.15) is 0 Å². The molecule has 3 N–H and O–H groups in total. The number of aliphatic imine (C=N–C) groups is 1. The van der Waals surface area contributed by atoms with Crippen LogP contribution in [0.3, 0.4) is 0 Å². The van der Waals surface area contributed by atoms with E-state index < -0.39 is 21.8 Å². The van der Waals surface area contributed by atoms with Crippen LogP contribution in [0.15, 0.2) is 58.4 Å². The topological polar surface area (TPSA) is 87.8 Å². The quantitative estimate of drug-likeness (QED) is 0.556. The third-order valence-electron chi connectivity index (χ3n) is 3.90. The summed E-state index contributed by atoms with van der Waals surface area (Å²) in [4.78, 5) is 3.83. The fourth-order valence-corrected chi connectivity index (χ4v) is 4.07. The van der Waals surface area contributed by atoms with Crippen LogP contribution in [0.4, 0.5) is 24.5 Å². The van der Waals surface area contributed by atoms with Gasteiger partial charge in [0.25, 0.3) is 0 Å². The Hall–Kier alpha value is -2.59. The van der Waals surface area contributed by atoms with E-state index in [4.69, 9.17) is 5.73 Å². The number of hydrogen-bond donors (Lipinski definition) is 2. The van der Waals surface area contributed by atoms with Gasteiger partial charge in [-0.1, -0.05) is 32.0 Å². The van der Waals surface area contributed by atoms with Crippen LogP contribution < -0.4 is 11.1 Å². The first kappa shape index (κ1) is 21.7. The normalized spacial score (nSPS) is 13.0. The van der Waals surface area contributed by atoms with Gasteiger partial charge in [-0.2, -0.15) is 17.5 Å². The van der Waals surface area contributed by atoms with E-state index in [1.54, 1.807) is 19.9 Å². The van der Waals surface area contributed by atoms with Crippen molar-refractivity contribution in [2.75, 3.05) is 18.4 Å².